The van der Waals surface area contributed by atoms with Crippen LogP contribution in [0.25, 0.3) is 5.57 Å². The standard InChI is InChI=1S/C21H20ClFN2O2/c1-24-8-10-25(11-9-24)21(26)18-13-27-19-7-4-15(22)12-17(19)20(18)14-2-5-16(23)6-3-14/h2-7,12H,8-11,13H2,1H3. The van der Waals surface area contributed by atoms with Gasteiger partial charge in [0.1, 0.15) is 18.2 Å². The van der Waals surface area contributed by atoms with Gasteiger partial charge in [-0.25, -0.2) is 4.39 Å². The maximum Gasteiger partial charge on any atom is 0.253 e. The highest BCUT2D eigenvalue weighted by Gasteiger charge is 2.30. The molecule has 4 nitrogen and oxygen atoms in total. The third-order valence-corrected chi connectivity index (χ3v) is 5.30. The summed E-state index contributed by atoms with van der Waals surface area (Å²) in [5.74, 6) is 0.325. The molecule has 1 saturated heterocycles. The van der Waals surface area contributed by atoms with Crippen molar-refractivity contribution in [1.29, 1.82) is 0 Å². The van der Waals surface area contributed by atoms with E-state index in [1.807, 2.05) is 11.9 Å². The van der Waals surface area contributed by atoms with Crippen LogP contribution in [-0.2, 0) is 4.79 Å². The number of piperazine rings is 1. The Hall–Kier alpha value is -2.37. The van der Waals surface area contributed by atoms with Crippen LogP contribution in [0, 0.1) is 5.82 Å². The summed E-state index contributed by atoms with van der Waals surface area (Å²) < 4.78 is 19.3. The molecule has 1 fully saturated rings. The normalized spacial score (nSPS) is 17.5. The molecule has 0 aliphatic carbocycles. The van der Waals surface area contributed by atoms with Crippen molar-refractivity contribution in [3.63, 3.8) is 0 Å². The third-order valence-electron chi connectivity index (χ3n) is 5.07. The van der Waals surface area contributed by atoms with Crippen LogP contribution in [0.4, 0.5) is 4.39 Å². The van der Waals surface area contributed by atoms with Gasteiger partial charge in [0.2, 0.25) is 0 Å². The lowest BCUT2D eigenvalue weighted by molar-refractivity contribution is -0.129. The van der Waals surface area contributed by atoms with Gasteiger partial charge in [0.25, 0.3) is 5.91 Å². The summed E-state index contributed by atoms with van der Waals surface area (Å²) in [5.41, 5.74) is 2.89. The molecular formula is C21H20ClFN2O2. The smallest absolute Gasteiger partial charge is 0.253 e. The molecule has 2 aromatic carbocycles. The van der Waals surface area contributed by atoms with E-state index in [1.54, 1.807) is 30.3 Å². The number of hydrogen-bond donors (Lipinski definition) is 0. The maximum absolute atomic E-state index is 13.5. The average Bonchev–Trinajstić information content (AvgIpc) is 2.68. The summed E-state index contributed by atoms with van der Waals surface area (Å²) in [4.78, 5) is 17.3. The Kier molecular flexibility index (Phi) is 4.89. The molecule has 0 spiro atoms. The molecule has 2 aliphatic rings. The predicted molar refractivity (Wildman–Crippen MR) is 103 cm³/mol. The summed E-state index contributed by atoms with van der Waals surface area (Å²) in [6.45, 7) is 3.23. The fraction of sp³-hybridized carbons (Fsp3) is 0.286. The van der Waals surface area contributed by atoms with Crippen LogP contribution in [0.3, 0.4) is 0 Å². The van der Waals surface area contributed by atoms with Crippen molar-refractivity contribution in [2.45, 2.75) is 0 Å². The van der Waals surface area contributed by atoms with Gasteiger partial charge in [0.15, 0.2) is 0 Å². The van der Waals surface area contributed by atoms with Gasteiger partial charge >= 0.3 is 0 Å². The van der Waals surface area contributed by atoms with E-state index in [0.717, 1.165) is 29.8 Å². The minimum atomic E-state index is -0.315. The number of benzene rings is 2. The number of nitrogens with zero attached hydrogens (tertiary/aromatic N) is 2. The molecule has 0 saturated carbocycles. The predicted octanol–water partition coefficient (Wildman–Crippen LogP) is 3.45. The number of halogens is 2. The Morgan fingerprint density at radius 2 is 1.78 bits per heavy atom. The van der Waals surface area contributed by atoms with Crippen molar-refractivity contribution in [2.24, 2.45) is 0 Å². The fourth-order valence-electron chi connectivity index (χ4n) is 3.52. The Morgan fingerprint density at radius 3 is 2.48 bits per heavy atom. The largest absolute Gasteiger partial charge is 0.488 e. The van der Waals surface area contributed by atoms with Gasteiger partial charge in [-0.15, -0.1) is 0 Å². The molecular weight excluding hydrogens is 367 g/mol. The van der Waals surface area contributed by atoms with Gasteiger partial charge in [-0.2, -0.15) is 0 Å². The quantitative estimate of drug-likeness (QED) is 0.792. The van der Waals surface area contributed by atoms with Crippen LogP contribution < -0.4 is 4.74 Å². The zero-order chi connectivity index (χ0) is 19.0. The monoisotopic (exact) mass is 386 g/mol. The van der Waals surface area contributed by atoms with Crippen molar-refractivity contribution in [3.8, 4) is 5.75 Å². The number of likely N-dealkylation sites (N-methyl/N-ethyl adjacent to an activating group) is 1. The summed E-state index contributed by atoms with van der Waals surface area (Å²) in [6, 6.07) is 11.6. The number of ether oxygens (including phenoxy) is 1. The molecule has 0 N–H and O–H groups in total. The first-order valence-corrected chi connectivity index (χ1v) is 9.30. The lowest BCUT2D eigenvalue weighted by Gasteiger charge is -2.34. The number of carbonyl (C=O) groups is 1. The summed E-state index contributed by atoms with van der Waals surface area (Å²) in [5, 5.41) is 0.560. The first-order valence-electron chi connectivity index (χ1n) is 8.92. The molecule has 0 radical (unpaired) electrons. The van der Waals surface area contributed by atoms with Gasteiger partial charge in [-0.1, -0.05) is 23.7 Å². The fourth-order valence-corrected chi connectivity index (χ4v) is 3.70. The number of amides is 1. The van der Waals surface area contributed by atoms with Crippen LogP contribution in [0.5, 0.6) is 5.75 Å². The highest BCUT2D eigenvalue weighted by atomic mass is 35.5. The van der Waals surface area contributed by atoms with Gasteiger partial charge < -0.3 is 14.5 Å². The number of fused-ring (bicyclic) bond motifs is 1. The minimum absolute atomic E-state index is 0.0342. The SMILES string of the molecule is CN1CCN(C(=O)C2=C(c3ccc(F)cc3)c3cc(Cl)ccc3OC2)CC1. The highest BCUT2D eigenvalue weighted by molar-refractivity contribution is 6.31. The van der Waals surface area contributed by atoms with E-state index < -0.39 is 0 Å². The van der Waals surface area contributed by atoms with E-state index in [1.165, 1.54) is 12.1 Å². The van der Waals surface area contributed by atoms with Gasteiger partial charge in [0, 0.05) is 42.3 Å². The second kappa shape index (κ2) is 7.33. The van der Waals surface area contributed by atoms with Crippen molar-refractivity contribution in [2.75, 3.05) is 39.8 Å². The first kappa shape index (κ1) is 18.0. The second-order valence-electron chi connectivity index (χ2n) is 6.89. The van der Waals surface area contributed by atoms with Crippen LogP contribution in [0.2, 0.25) is 5.02 Å². The Labute approximate surface area is 162 Å². The molecule has 1 amide bonds. The lowest BCUT2D eigenvalue weighted by atomic mass is 9.90. The molecule has 27 heavy (non-hydrogen) atoms. The molecule has 2 aromatic rings. The second-order valence-corrected chi connectivity index (χ2v) is 7.32. The Bertz CT molecular complexity index is 903. The zero-order valence-electron chi connectivity index (χ0n) is 15.0. The van der Waals surface area contributed by atoms with E-state index >= 15 is 0 Å². The van der Waals surface area contributed by atoms with E-state index in [0.29, 0.717) is 29.4 Å². The summed E-state index contributed by atoms with van der Waals surface area (Å²) >= 11 is 6.21. The molecule has 0 aromatic heterocycles. The topological polar surface area (TPSA) is 32.8 Å². The molecule has 2 aliphatic heterocycles. The van der Waals surface area contributed by atoms with E-state index in [4.69, 9.17) is 16.3 Å². The van der Waals surface area contributed by atoms with Gasteiger partial charge in [0.05, 0.1) is 5.57 Å². The van der Waals surface area contributed by atoms with Crippen molar-refractivity contribution < 1.29 is 13.9 Å². The molecule has 0 atom stereocenters. The molecule has 140 valence electrons. The molecule has 0 bridgehead atoms. The van der Waals surface area contributed by atoms with Crippen molar-refractivity contribution >= 4 is 23.1 Å². The van der Waals surface area contributed by atoms with Crippen molar-refractivity contribution in [1.82, 2.24) is 9.80 Å². The summed E-state index contributed by atoms with van der Waals surface area (Å²) in [7, 11) is 2.05. The Morgan fingerprint density at radius 1 is 1.07 bits per heavy atom. The number of rotatable bonds is 2. The maximum atomic E-state index is 13.5. The summed E-state index contributed by atoms with van der Waals surface area (Å²) in [6.07, 6.45) is 0. The minimum Gasteiger partial charge on any atom is -0.488 e. The lowest BCUT2D eigenvalue weighted by Crippen LogP contribution is -2.48. The average molecular weight is 387 g/mol. The van der Waals surface area contributed by atoms with Crippen molar-refractivity contribution in [3.05, 3.63) is 70.0 Å². The molecule has 4 rings (SSSR count). The molecule has 0 unspecified atom stereocenters. The van der Waals surface area contributed by atoms with Crippen LogP contribution in [0.15, 0.2) is 48.0 Å². The number of hydrogen-bond acceptors (Lipinski definition) is 3. The first-order chi connectivity index (χ1) is 13.0. The Balaban J connectivity index is 1.82. The van der Waals surface area contributed by atoms with Crippen LogP contribution >= 0.6 is 11.6 Å². The highest BCUT2D eigenvalue weighted by Crippen LogP contribution is 2.39. The van der Waals surface area contributed by atoms with E-state index in [2.05, 4.69) is 4.90 Å². The molecule has 6 heteroatoms. The van der Waals surface area contributed by atoms with Gasteiger partial charge in [-0.3, -0.25) is 4.79 Å². The van der Waals surface area contributed by atoms with E-state index in [-0.39, 0.29) is 18.3 Å². The van der Waals surface area contributed by atoms with Gasteiger partial charge in [-0.05, 0) is 42.9 Å². The van der Waals surface area contributed by atoms with Crippen LogP contribution in [-0.4, -0.2) is 55.5 Å². The zero-order valence-corrected chi connectivity index (χ0v) is 15.8. The molecule has 2 heterocycles. The number of carbonyl (C=O) groups excluding carboxylic acids is 1. The van der Waals surface area contributed by atoms with Crippen LogP contribution in [0.1, 0.15) is 11.1 Å². The third kappa shape index (κ3) is 3.57. The van der Waals surface area contributed by atoms with E-state index in [9.17, 15) is 9.18 Å².